The number of aliphatic carboxylic acids is 1. The molecule has 23 heavy (non-hydrogen) atoms. The molecule has 1 heterocycles. The fourth-order valence-corrected chi connectivity index (χ4v) is 2.00. The standard InChI is InChI=1S/C15H19N5O3/c21-13(16-10-6-2-5-9-14(22)23)11-20-18-15(17-19-20)12-7-3-1-4-8-12/h1,3-4,7-8H,2,5-6,9-11H2,(H,16,21)(H,22,23). The Morgan fingerprint density at radius 2 is 1.91 bits per heavy atom. The minimum Gasteiger partial charge on any atom is -0.481 e. The second-order valence-corrected chi connectivity index (χ2v) is 5.06. The second kappa shape index (κ2) is 8.62. The molecule has 0 aliphatic rings. The van der Waals surface area contributed by atoms with Crippen molar-refractivity contribution in [3.8, 4) is 11.4 Å². The molecule has 0 atom stereocenters. The summed E-state index contributed by atoms with van der Waals surface area (Å²) in [6, 6.07) is 9.41. The lowest BCUT2D eigenvalue weighted by Crippen LogP contribution is -2.29. The van der Waals surface area contributed by atoms with Gasteiger partial charge in [-0.2, -0.15) is 4.80 Å². The van der Waals surface area contributed by atoms with Crippen LogP contribution in [0.25, 0.3) is 11.4 Å². The van der Waals surface area contributed by atoms with Crippen LogP contribution in [0.4, 0.5) is 0 Å². The van der Waals surface area contributed by atoms with Gasteiger partial charge in [0.05, 0.1) is 0 Å². The minimum atomic E-state index is -0.791. The quantitative estimate of drug-likeness (QED) is 0.670. The molecule has 122 valence electrons. The zero-order valence-corrected chi connectivity index (χ0v) is 12.7. The Morgan fingerprint density at radius 1 is 1.13 bits per heavy atom. The molecule has 8 heteroatoms. The summed E-state index contributed by atoms with van der Waals surface area (Å²) in [5, 5.41) is 23.2. The van der Waals surface area contributed by atoms with Gasteiger partial charge in [-0.25, -0.2) is 0 Å². The third kappa shape index (κ3) is 5.85. The van der Waals surface area contributed by atoms with Crippen LogP contribution in [0.1, 0.15) is 25.7 Å². The largest absolute Gasteiger partial charge is 0.481 e. The third-order valence-corrected chi connectivity index (χ3v) is 3.16. The Morgan fingerprint density at radius 3 is 2.65 bits per heavy atom. The van der Waals surface area contributed by atoms with Crippen LogP contribution in [-0.2, 0) is 16.1 Å². The van der Waals surface area contributed by atoms with Crippen LogP contribution < -0.4 is 5.32 Å². The summed E-state index contributed by atoms with van der Waals surface area (Å²) in [7, 11) is 0. The molecule has 0 spiro atoms. The van der Waals surface area contributed by atoms with Gasteiger partial charge in [0.15, 0.2) is 0 Å². The van der Waals surface area contributed by atoms with Gasteiger partial charge in [-0.15, -0.1) is 10.2 Å². The highest BCUT2D eigenvalue weighted by Crippen LogP contribution is 2.11. The normalized spacial score (nSPS) is 10.4. The minimum absolute atomic E-state index is 0.00889. The smallest absolute Gasteiger partial charge is 0.303 e. The molecule has 0 bridgehead atoms. The van der Waals surface area contributed by atoms with E-state index in [1.165, 1.54) is 4.80 Å². The molecule has 0 fully saturated rings. The molecule has 2 aromatic rings. The van der Waals surface area contributed by atoms with E-state index >= 15 is 0 Å². The predicted octanol–water partition coefficient (Wildman–Crippen LogP) is 1.10. The number of tetrazole rings is 1. The van der Waals surface area contributed by atoms with Crippen molar-refractivity contribution in [3.05, 3.63) is 30.3 Å². The summed E-state index contributed by atoms with van der Waals surface area (Å²) in [6.07, 6.45) is 2.31. The molecule has 0 unspecified atom stereocenters. The zero-order chi connectivity index (χ0) is 16.5. The van der Waals surface area contributed by atoms with Gasteiger partial charge in [-0.3, -0.25) is 9.59 Å². The van der Waals surface area contributed by atoms with Crippen molar-refractivity contribution in [3.63, 3.8) is 0 Å². The topological polar surface area (TPSA) is 110 Å². The lowest BCUT2D eigenvalue weighted by Gasteiger charge is -2.03. The first-order chi connectivity index (χ1) is 11.1. The number of amides is 1. The van der Waals surface area contributed by atoms with Gasteiger partial charge in [-0.1, -0.05) is 36.8 Å². The van der Waals surface area contributed by atoms with Crippen molar-refractivity contribution in [2.24, 2.45) is 0 Å². The van der Waals surface area contributed by atoms with E-state index in [0.29, 0.717) is 18.8 Å². The Kier molecular flexibility index (Phi) is 6.22. The van der Waals surface area contributed by atoms with Crippen LogP contribution in [0, 0.1) is 0 Å². The van der Waals surface area contributed by atoms with Gasteiger partial charge in [0.1, 0.15) is 6.54 Å². The van der Waals surface area contributed by atoms with Crippen molar-refractivity contribution in [1.29, 1.82) is 0 Å². The van der Waals surface area contributed by atoms with Gasteiger partial charge < -0.3 is 10.4 Å². The Bertz CT molecular complexity index is 642. The van der Waals surface area contributed by atoms with Crippen LogP contribution in [-0.4, -0.2) is 43.7 Å². The van der Waals surface area contributed by atoms with Crippen molar-refractivity contribution in [1.82, 2.24) is 25.5 Å². The van der Waals surface area contributed by atoms with E-state index in [2.05, 4.69) is 20.7 Å². The van der Waals surface area contributed by atoms with Gasteiger partial charge in [0.25, 0.3) is 0 Å². The van der Waals surface area contributed by atoms with E-state index in [1.807, 2.05) is 30.3 Å². The van der Waals surface area contributed by atoms with Gasteiger partial charge in [-0.05, 0) is 18.1 Å². The van der Waals surface area contributed by atoms with Crippen LogP contribution in [0.5, 0.6) is 0 Å². The summed E-state index contributed by atoms with van der Waals surface area (Å²) in [4.78, 5) is 23.4. The lowest BCUT2D eigenvalue weighted by molar-refractivity contribution is -0.137. The molecule has 0 aliphatic heterocycles. The van der Waals surface area contributed by atoms with Gasteiger partial charge in [0.2, 0.25) is 11.7 Å². The summed E-state index contributed by atoms with van der Waals surface area (Å²) in [6.45, 7) is 0.521. The number of rotatable bonds is 9. The van der Waals surface area contributed by atoms with Gasteiger partial charge in [0, 0.05) is 18.5 Å². The maximum Gasteiger partial charge on any atom is 0.303 e. The summed E-state index contributed by atoms with van der Waals surface area (Å²) in [5.74, 6) is -0.507. The SMILES string of the molecule is O=C(O)CCCCCNC(=O)Cn1nnc(-c2ccccc2)n1. The molecule has 1 aromatic carbocycles. The number of hydrogen-bond acceptors (Lipinski definition) is 5. The fourth-order valence-electron chi connectivity index (χ4n) is 2.00. The van der Waals surface area contributed by atoms with Crippen LogP contribution >= 0.6 is 0 Å². The number of hydrogen-bond donors (Lipinski definition) is 2. The molecule has 1 aromatic heterocycles. The van der Waals surface area contributed by atoms with E-state index in [0.717, 1.165) is 18.4 Å². The average molecular weight is 317 g/mol. The summed E-state index contributed by atoms with van der Waals surface area (Å²) >= 11 is 0. The third-order valence-electron chi connectivity index (χ3n) is 3.16. The highest BCUT2D eigenvalue weighted by Gasteiger charge is 2.08. The molecular formula is C15H19N5O3. The lowest BCUT2D eigenvalue weighted by atomic mass is 10.2. The van der Waals surface area contributed by atoms with Crippen LogP contribution in [0.15, 0.2) is 30.3 Å². The molecule has 1 amide bonds. The second-order valence-electron chi connectivity index (χ2n) is 5.06. The molecular weight excluding hydrogens is 298 g/mol. The van der Waals surface area contributed by atoms with Crippen molar-refractivity contribution < 1.29 is 14.7 Å². The first-order valence-electron chi connectivity index (χ1n) is 7.47. The number of carboxylic acid groups (broad SMARTS) is 1. The summed E-state index contributed by atoms with van der Waals surface area (Å²) in [5.41, 5.74) is 0.845. The number of benzene rings is 1. The zero-order valence-electron chi connectivity index (χ0n) is 12.7. The number of nitrogens with one attached hydrogen (secondary N) is 1. The fraction of sp³-hybridized carbons (Fsp3) is 0.400. The number of carboxylic acids is 1. The first-order valence-corrected chi connectivity index (χ1v) is 7.47. The van der Waals surface area contributed by atoms with Crippen molar-refractivity contribution in [2.75, 3.05) is 6.54 Å². The van der Waals surface area contributed by atoms with Crippen molar-refractivity contribution in [2.45, 2.75) is 32.2 Å². The molecule has 8 nitrogen and oxygen atoms in total. The molecule has 0 aliphatic carbocycles. The number of carbonyl (C=O) groups is 2. The Balaban J connectivity index is 1.70. The Hall–Kier alpha value is -2.77. The first kappa shape index (κ1) is 16.6. The molecule has 2 rings (SSSR count). The van der Waals surface area contributed by atoms with Crippen molar-refractivity contribution >= 4 is 11.9 Å². The highest BCUT2D eigenvalue weighted by atomic mass is 16.4. The summed E-state index contributed by atoms with van der Waals surface area (Å²) < 4.78 is 0. The highest BCUT2D eigenvalue weighted by molar-refractivity contribution is 5.75. The number of aromatic nitrogens is 4. The molecule has 0 saturated heterocycles. The number of nitrogens with zero attached hydrogens (tertiary/aromatic N) is 4. The molecule has 0 radical (unpaired) electrons. The van der Waals surface area contributed by atoms with E-state index in [9.17, 15) is 9.59 Å². The molecule has 0 saturated carbocycles. The molecule has 2 N–H and O–H groups in total. The maximum atomic E-state index is 11.8. The Labute approximate surface area is 133 Å². The van der Waals surface area contributed by atoms with E-state index in [-0.39, 0.29) is 18.9 Å². The number of unbranched alkanes of at least 4 members (excludes halogenated alkanes) is 2. The maximum absolute atomic E-state index is 11.8. The van der Waals surface area contributed by atoms with Crippen LogP contribution in [0.2, 0.25) is 0 Å². The van der Waals surface area contributed by atoms with Gasteiger partial charge >= 0.3 is 5.97 Å². The van der Waals surface area contributed by atoms with E-state index < -0.39 is 5.97 Å². The average Bonchev–Trinajstić information content (AvgIpc) is 3.00. The van der Waals surface area contributed by atoms with Crippen LogP contribution in [0.3, 0.4) is 0 Å². The van der Waals surface area contributed by atoms with E-state index in [4.69, 9.17) is 5.11 Å². The van der Waals surface area contributed by atoms with E-state index in [1.54, 1.807) is 0 Å². The predicted molar refractivity (Wildman–Crippen MR) is 82.4 cm³/mol. The monoisotopic (exact) mass is 317 g/mol. The number of carbonyl (C=O) groups excluding carboxylic acids is 1.